The third-order valence-electron chi connectivity index (χ3n) is 2.69. The lowest BCUT2D eigenvalue weighted by Crippen LogP contribution is -2.35. The van der Waals surface area contributed by atoms with Crippen molar-refractivity contribution in [1.29, 1.82) is 0 Å². The SMILES string of the molecule is CN(Cc1cccnc1)C(=O)CNC1CC1. The highest BCUT2D eigenvalue weighted by atomic mass is 16.2. The lowest BCUT2D eigenvalue weighted by Gasteiger charge is -2.17. The van der Waals surface area contributed by atoms with E-state index < -0.39 is 0 Å². The van der Waals surface area contributed by atoms with Crippen molar-refractivity contribution in [2.24, 2.45) is 0 Å². The van der Waals surface area contributed by atoms with Crippen molar-refractivity contribution in [3.63, 3.8) is 0 Å². The van der Waals surface area contributed by atoms with Crippen LogP contribution in [0.1, 0.15) is 18.4 Å². The van der Waals surface area contributed by atoms with Gasteiger partial charge < -0.3 is 10.2 Å². The Labute approximate surface area is 95.7 Å². The number of nitrogens with one attached hydrogen (secondary N) is 1. The van der Waals surface area contributed by atoms with E-state index >= 15 is 0 Å². The van der Waals surface area contributed by atoms with Gasteiger partial charge in [-0.15, -0.1) is 0 Å². The zero-order valence-electron chi connectivity index (χ0n) is 9.52. The molecule has 4 heteroatoms. The molecular formula is C12H17N3O. The van der Waals surface area contributed by atoms with Crippen molar-refractivity contribution in [3.05, 3.63) is 30.1 Å². The van der Waals surface area contributed by atoms with E-state index in [0.717, 1.165) is 5.56 Å². The maximum Gasteiger partial charge on any atom is 0.236 e. The molecule has 1 aromatic heterocycles. The summed E-state index contributed by atoms with van der Waals surface area (Å²) in [5.74, 6) is 0.135. The molecule has 0 saturated heterocycles. The van der Waals surface area contributed by atoms with Crippen LogP contribution < -0.4 is 5.32 Å². The molecule has 1 fully saturated rings. The number of carbonyl (C=O) groups excluding carboxylic acids is 1. The van der Waals surface area contributed by atoms with Gasteiger partial charge in [-0.1, -0.05) is 6.07 Å². The summed E-state index contributed by atoms with van der Waals surface area (Å²) in [7, 11) is 1.82. The van der Waals surface area contributed by atoms with Crippen molar-refractivity contribution in [1.82, 2.24) is 15.2 Å². The van der Waals surface area contributed by atoms with Crippen LogP contribution in [-0.4, -0.2) is 35.4 Å². The summed E-state index contributed by atoms with van der Waals surface area (Å²) >= 11 is 0. The molecule has 2 rings (SSSR count). The Hall–Kier alpha value is -1.42. The Morgan fingerprint density at radius 2 is 2.44 bits per heavy atom. The molecule has 1 heterocycles. The van der Waals surface area contributed by atoms with Crippen LogP contribution in [0.25, 0.3) is 0 Å². The Morgan fingerprint density at radius 3 is 3.06 bits per heavy atom. The molecule has 0 bridgehead atoms. The first kappa shape index (κ1) is 11.1. The average molecular weight is 219 g/mol. The lowest BCUT2D eigenvalue weighted by molar-refractivity contribution is -0.129. The van der Waals surface area contributed by atoms with E-state index in [9.17, 15) is 4.79 Å². The first-order valence-electron chi connectivity index (χ1n) is 5.62. The zero-order chi connectivity index (χ0) is 11.4. The summed E-state index contributed by atoms with van der Waals surface area (Å²) in [6.07, 6.45) is 5.94. The number of rotatable bonds is 5. The normalized spacial score (nSPS) is 14.8. The van der Waals surface area contributed by atoms with Gasteiger partial charge in [-0.2, -0.15) is 0 Å². The topological polar surface area (TPSA) is 45.2 Å². The summed E-state index contributed by atoms with van der Waals surface area (Å²) in [5.41, 5.74) is 1.06. The second-order valence-corrected chi connectivity index (χ2v) is 4.27. The van der Waals surface area contributed by atoms with Gasteiger partial charge in [0.2, 0.25) is 5.91 Å². The molecular weight excluding hydrogens is 202 g/mol. The summed E-state index contributed by atoms with van der Waals surface area (Å²) in [6.45, 7) is 1.07. The van der Waals surface area contributed by atoms with Crippen molar-refractivity contribution >= 4 is 5.91 Å². The van der Waals surface area contributed by atoms with Crippen LogP contribution in [-0.2, 0) is 11.3 Å². The van der Waals surface area contributed by atoms with Gasteiger partial charge in [0.25, 0.3) is 0 Å². The number of likely N-dealkylation sites (N-methyl/N-ethyl adjacent to an activating group) is 1. The van der Waals surface area contributed by atoms with Gasteiger partial charge in [0.1, 0.15) is 0 Å². The van der Waals surface area contributed by atoms with Gasteiger partial charge in [0, 0.05) is 32.0 Å². The molecule has 1 aromatic rings. The predicted octanol–water partition coefficient (Wildman–Crippen LogP) is 0.792. The average Bonchev–Trinajstić information content (AvgIpc) is 3.11. The number of carbonyl (C=O) groups is 1. The van der Waals surface area contributed by atoms with Gasteiger partial charge in [0.15, 0.2) is 0 Å². The molecule has 0 aliphatic heterocycles. The molecule has 0 spiro atoms. The maximum absolute atomic E-state index is 11.7. The highest BCUT2D eigenvalue weighted by Crippen LogP contribution is 2.18. The van der Waals surface area contributed by atoms with Crippen LogP contribution in [0.4, 0.5) is 0 Å². The van der Waals surface area contributed by atoms with E-state index in [1.54, 1.807) is 17.3 Å². The molecule has 4 nitrogen and oxygen atoms in total. The third-order valence-corrected chi connectivity index (χ3v) is 2.69. The van der Waals surface area contributed by atoms with Crippen LogP contribution >= 0.6 is 0 Å². The van der Waals surface area contributed by atoms with Crippen LogP contribution in [0, 0.1) is 0 Å². The number of amides is 1. The Balaban J connectivity index is 1.77. The molecule has 0 atom stereocenters. The van der Waals surface area contributed by atoms with E-state index in [0.29, 0.717) is 19.1 Å². The van der Waals surface area contributed by atoms with Crippen LogP contribution in [0.15, 0.2) is 24.5 Å². The fraction of sp³-hybridized carbons (Fsp3) is 0.500. The first-order valence-corrected chi connectivity index (χ1v) is 5.62. The monoisotopic (exact) mass is 219 g/mol. The predicted molar refractivity (Wildman–Crippen MR) is 61.7 cm³/mol. The number of nitrogens with zero attached hydrogens (tertiary/aromatic N) is 2. The molecule has 1 amide bonds. The van der Waals surface area contributed by atoms with E-state index in [4.69, 9.17) is 0 Å². The standard InChI is InChI=1S/C12H17N3O/c1-15(9-10-3-2-6-13-7-10)12(16)8-14-11-4-5-11/h2-3,6-7,11,14H,4-5,8-9H2,1H3. The highest BCUT2D eigenvalue weighted by molar-refractivity contribution is 5.78. The zero-order valence-corrected chi connectivity index (χ0v) is 9.52. The molecule has 0 radical (unpaired) electrons. The van der Waals surface area contributed by atoms with Crippen LogP contribution in [0.3, 0.4) is 0 Å². The van der Waals surface area contributed by atoms with Crippen molar-refractivity contribution in [2.75, 3.05) is 13.6 Å². The number of pyridine rings is 1. The van der Waals surface area contributed by atoms with E-state index in [1.807, 2.05) is 19.2 Å². The second kappa shape index (κ2) is 5.07. The van der Waals surface area contributed by atoms with Crippen molar-refractivity contribution in [3.8, 4) is 0 Å². The number of hydrogen-bond acceptors (Lipinski definition) is 3. The molecule has 0 aromatic carbocycles. The Morgan fingerprint density at radius 1 is 1.62 bits per heavy atom. The molecule has 1 aliphatic rings. The fourth-order valence-electron chi connectivity index (χ4n) is 1.51. The summed E-state index contributed by atoms with van der Waals surface area (Å²) in [5, 5.41) is 3.22. The fourth-order valence-corrected chi connectivity index (χ4v) is 1.51. The van der Waals surface area contributed by atoms with Gasteiger partial charge in [-0.3, -0.25) is 9.78 Å². The second-order valence-electron chi connectivity index (χ2n) is 4.27. The largest absolute Gasteiger partial charge is 0.340 e. The van der Waals surface area contributed by atoms with Crippen molar-refractivity contribution < 1.29 is 4.79 Å². The van der Waals surface area contributed by atoms with Gasteiger partial charge >= 0.3 is 0 Å². The summed E-state index contributed by atoms with van der Waals surface area (Å²) in [4.78, 5) is 17.5. The molecule has 1 N–H and O–H groups in total. The minimum Gasteiger partial charge on any atom is -0.340 e. The minimum atomic E-state index is 0.135. The van der Waals surface area contributed by atoms with Gasteiger partial charge in [0.05, 0.1) is 6.54 Å². The van der Waals surface area contributed by atoms with Crippen LogP contribution in [0.5, 0.6) is 0 Å². The molecule has 16 heavy (non-hydrogen) atoms. The maximum atomic E-state index is 11.7. The molecule has 0 unspecified atom stereocenters. The quantitative estimate of drug-likeness (QED) is 0.796. The lowest BCUT2D eigenvalue weighted by atomic mass is 10.2. The Bertz CT molecular complexity index is 349. The highest BCUT2D eigenvalue weighted by Gasteiger charge is 2.21. The minimum absolute atomic E-state index is 0.135. The van der Waals surface area contributed by atoms with Gasteiger partial charge in [-0.25, -0.2) is 0 Å². The van der Waals surface area contributed by atoms with E-state index in [-0.39, 0.29) is 5.91 Å². The number of hydrogen-bond donors (Lipinski definition) is 1. The Kier molecular flexibility index (Phi) is 3.51. The third kappa shape index (κ3) is 3.31. The molecule has 86 valence electrons. The first-order chi connectivity index (χ1) is 7.75. The smallest absolute Gasteiger partial charge is 0.236 e. The van der Waals surface area contributed by atoms with E-state index in [1.165, 1.54) is 12.8 Å². The summed E-state index contributed by atoms with van der Waals surface area (Å²) < 4.78 is 0. The van der Waals surface area contributed by atoms with Crippen LogP contribution in [0.2, 0.25) is 0 Å². The molecule has 1 saturated carbocycles. The van der Waals surface area contributed by atoms with Gasteiger partial charge in [-0.05, 0) is 24.5 Å². The van der Waals surface area contributed by atoms with Crippen molar-refractivity contribution in [2.45, 2.75) is 25.4 Å². The van der Waals surface area contributed by atoms with E-state index in [2.05, 4.69) is 10.3 Å². The summed E-state index contributed by atoms with van der Waals surface area (Å²) in [6, 6.07) is 4.44. The number of aromatic nitrogens is 1. The molecule has 1 aliphatic carbocycles.